The van der Waals surface area contributed by atoms with E-state index in [-0.39, 0.29) is 6.10 Å². The van der Waals surface area contributed by atoms with Gasteiger partial charge in [0.1, 0.15) is 12.1 Å². The molecule has 1 fully saturated rings. The number of aryl methyl sites for hydroxylation is 1. The highest BCUT2D eigenvalue weighted by atomic mass is 16.3. The van der Waals surface area contributed by atoms with E-state index in [9.17, 15) is 5.11 Å². The third kappa shape index (κ3) is 2.36. The SMILES string of the molecule is Cc1cccc2ncnc(N3CCCC(C(C)O)C3)c12. The van der Waals surface area contributed by atoms with Crippen molar-refractivity contribution < 1.29 is 5.11 Å². The molecule has 0 saturated carbocycles. The third-order valence-electron chi connectivity index (χ3n) is 4.29. The highest BCUT2D eigenvalue weighted by molar-refractivity contribution is 5.92. The van der Waals surface area contributed by atoms with Crippen LogP contribution in [-0.4, -0.2) is 34.3 Å². The smallest absolute Gasteiger partial charge is 0.140 e. The van der Waals surface area contributed by atoms with Crippen molar-refractivity contribution in [3.8, 4) is 0 Å². The number of aromatic nitrogens is 2. The summed E-state index contributed by atoms with van der Waals surface area (Å²) in [6.07, 6.45) is 3.58. The van der Waals surface area contributed by atoms with E-state index in [1.807, 2.05) is 19.1 Å². The zero-order valence-electron chi connectivity index (χ0n) is 12.1. The number of anilines is 1. The second kappa shape index (κ2) is 5.37. The third-order valence-corrected chi connectivity index (χ3v) is 4.29. The largest absolute Gasteiger partial charge is 0.393 e. The van der Waals surface area contributed by atoms with Gasteiger partial charge in [0.05, 0.1) is 11.6 Å². The van der Waals surface area contributed by atoms with E-state index < -0.39 is 0 Å². The fourth-order valence-electron chi connectivity index (χ4n) is 3.10. The fourth-order valence-corrected chi connectivity index (χ4v) is 3.10. The molecule has 4 nitrogen and oxygen atoms in total. The molecular formula is C16H21N3O. The van der Waals surface area contributed by atoms with Crippen LogP contribution < -0.4 is 4.90 Å². The lowest BCUT2D eigenvalue weighted by Gasteiger charge is -2.35. The van der Waals surface area contributed by atoms with Gasteiger partial charge >= 0.3 is 0 Å². The summed E-state index contributed by atoms with van der Waals surface area (Å²) < 4.78 is 0. The summed E-state index contributed by atoms with van der Waals surface area (Å²) in [6.45, 7) is 5.87. The summed E-state index contributed by atoms with van der Waals surface area (Å²) in [5, 5.41) is 11.0. The number of hydrogen-bond donors (Lipinski definition) is 1. The van der Waals surface area contributed by atoms with E-state index in [0.717, 1.165) is 42.7 Å². The second-order valence-corrected chi connectivity index (χ2v) is 5.76. The first kappa shape index (κ1) is 13.3. The Bertz CT molecular complexity index is 606. The van der Waals surface area contributed by atoms with Crippen molar-refractivity contribution in [1.29, 1.82) is 0 Å². The van der Waals surface area contributed by atoms with Crippen molar-refractivity contribution in [3.05, 3.63) is 30.1 Å². The summed E-state index contributed by atoms with van der Waals surface area (Å²) in [5.41, 5.74) is 2.20. The number of fused-ring (bicyclic) bond motifs is 1. The highest BCUT2D eigenvalue weighted by Crippen LogP contribution is 2.30. The van der Waals surface area contributed by atoms with Crippen LogP contribution in [0.15, 0.2) is 24.5 Å². The lowest BCUT2D eigenvalue weighted by Crippen LogP contribution is -2.40. The lowest BCUT2D eigenvalue weighted by molar-refractivity contribution is 0.115. The van der Waals surface area contributed by atoms with Crippen molar-refractivity contribution >= 4 is 16.7 Å². The Balaban J connectivity index is 2.01. The molecule has 106 valence electrons. The first-order chi connectivity index (χ1) is 9.66. The van der Waals surface area contributed by atoms with Crippen LogP contribution in [0.5, 0.6) is 0 Å². The van der Waals surface area contributed by atoms with Gasteiger partial charge in [0.25, 0.3) is 0 Å². The van der Waals surface area contributed by atoms with Crippen molar-refractivity contribution in [1.82, 2.24) is 9.97 Å². The van der Waals surface area contributed by atoms with Gasteiger partial charge in [-0.25, -0.2) is 9.97 Å². The van der Waals surface area contributed by atoms with Crippen LogP contribution >= 0.6 is 0 Å². The van der Waals surface area contributed by atoms with Crippen molar-refractivity contribution in [2.24, 2.45) is 5.92 Å². The standard InChI is InChI=1S/C16H21N3O/c1-11-5-3-7-14-15(11)16(18-10-17-14)19-8-4-6-13(9-19)12(2)20/h3,5,7,10,12-13,20H,4,6,8-9H2,1-2H3. The summed E-state index contributed by atoms with van der Waals surface area (Å²) in [7, 11) is 0. The minimum Gasteiger partial charge on any atom is -0.393 e. The van der Waals surface area contributed by atoms with Gasteiger partial charge in [0.2, 0.25) is 0 Å². The molecular weight excluding hydrogens is 250 g/mol. The fraction of sp³-hybridized carbons (Fsp3) is 0.500. The molecule has 0 radical (unpaired) electrons. The Labute approximate surface area is 119 Å². The Hall–Kier alpha value is -1.68. The second-order valence-electron chi connectivity index (χ2n) is 5.76. The van der Waals surface area contributed by atoms with Crippen molar-refractivity contribution in [2.45, 2.75) is 32.8 Å². The van der Waals surface area contributed by atoms with Crippen molar-refractivity contribution in [2.75, 3.05) is 18.0 Å². The van der Waals surface area contributed by atoms with Gasteiger partial charge in [-0.05, 0) is 38.3 Å². The number of piperidine rings is 1. The van der Waals surface area contributed by atoms with Crippen LogP contribution in [0.25, 0.3) is 10.9 Å². The Morgan fingerprint density at radius 1 is 1.35 bits per heavy atom. The minimum absolute atomic E-state index is 0.257. The predicted molar refractivity (Wildman–Crippen MR) is 80.9 cm³/mol. The van der Waals surface area contributed by atoms with Gasteiger partial charge < -0.3 is 10.0 Å². The van der Waals surface area contributed by atoms with Crippen LogP contribution in [0.4, 0.5) is 5.82 Å². The van der Waals surface area contributed by atoms with Gasteiger partial charge in [0, 0.05) is 24.4 Å². The number of benzene rings is 1. The van der Waals surface area contributed by atoms with Crippen LogP contribution in [0, 0.1) is 12.8 Å². The first-order valence-corrected chi connectivity index (χ1v) is 7.30. The normalized spacial score (nSPS) is 21.1. The molecule has 4 heteroatoms. The van der Waals surface area contributed by atoms with Crippen LogP contribution in [0.1, 0.15) is 25.3 Å². The number of aliphatic hydroxyl groups is 1. The molecule has 1 saturated heterocycles. The molecule has 0 aliphatic carbocycles. The molecule has 1 aliphatic rings. The predicted octanol–water partition coefficient (Wildman–Crippen LogP) is 2.54. The molecule has 0 bridgehead atoms. The van der Waals surface area contributed by atoms with E-state index in [1.165, 1.54) is 5.56 Å². The molecule has 1 aromatic heterocycles. The van der Waals surface area contributed by atoms with E-state index in [1.54, 1.807) is 6.33 Å². The quantitative estimate of drug-likeness (QED) is 0.912. The maximum Gasteiger partial charge on any atom is 0.140 e. The van der Waals surface area contributed by atoms with Crippen molar-refractivity contribution in [3.63, 3.8) is 0 Å². The molecule has 20 heavy (non-hydrogen) atoms. The number of nitrogens with zero attached hydrogens (tertiary/aromatic N) is 3. The van der Waals surface area contributed by atoms with Crippen LogP contribution in [0.2, 0.25) is 0 Å². The Morgan fingerprint density at radius 2 is 2.20 bits per heavy atom. The lowest BCUT2D eigenvalue weighted by atomic mass is 9.93. The monoisotopic (exact) mass is 271 g/mol. The van der Waals surface area contributed by atoms with Gasteiger partial charge in [0.15, 0.2) is 0 Å². The summed E-state index contributed by atoms with van der Waals surface area (Å²) in [5.74, 6) is 1.34. The average molecular weight is 271 g/mol. The summed E-state index contributed by atoms with van der Waals surface area (Å²) >= 11 is 0. The average Bonchev–Trinajstić information content (AvgIpc) is 2.47. The molecule has 1 N–H and O–H groups in total. The first-order valence-electron chi connectivity index (χ1n) is 7.30. The Morgan fingerprint density at radius 3 is 3.00 bits per heavy atom. The van der Waals surface area contributed by atoms with E-state index >= 15 is 0 Å². The summed E-state index contributed by atoms with van der Waals surface area (Å²) in [4.78, 5) is 11.2. The molecule has 1 aliphatic heterocycles. The zero-order valence-corrected chi connectivity index (χ0v) is 12.1. The molecule has 2 atom stereocenters. The number of rotatable bonds is 2. The van der Waals surface area contributed by atoms with Crippen LogP contribution in [0.3, 0.4) is 0 Å². The van der Waals surface area contributed by atoms with Gasteiger partial charge in [-0.1, -0.05) is 12.1 Å². The molecule has 2 heterocycles. The van der Waals surface area contributed by atoms with Crippen LogP contribution in [-0.2, 0) is 0 Å². The van der Waals surface area contributed by atoms with E-state index in [0.29, 0.717) is 5.92 Å². The molecule has 2 unspecified atom stereocenters. The summed E-state index contributed by atoms with van der Waals surface area (Å²) in [6, 6.07) is 6.16. The molecule has 0 amide bonds. The molecule has 2 aromatic rings. The topological polar surface area (TPSA) is 49.2 Å². The van der Waals surface area contributed by atoms with Gasteiger partial charge in [-0.2, -0.15) is 0 Å². The number of hydrogen-bond acceptors (Lipinski definition) is 4. The zero-order chi connectivity index (χ0) is 14.1. The van der Waals surface area contributed by atoms with E-state index in [2.05, 4.69) is 27.9 Å². The maximum absolute atomic E-state index is 9.85. The molecule has 1 aromatic carbocycles. The van der Waals surface area contributed by atoms with Gasteiger partial charge in [-0.15, -0.1) is 0 Å². The van der Waals surface area contributed by atoms with E-state index in [4.69, 9.17) is 0 Å². The molecule has 3 rings (SSSR count). The maximum atomic E-state index is 9.85. The molecule has 0 spiro atoms. The highest BCUT2D eigenvalue weighted by Gasteiger charge is 2.25. The number of aliphatic hydroxyl groups excluding tert-OH is 1. The van der Waals surface area contributed by atoms with Gasteiger partial charge in [-0.3, -0.25) is 0 Å². The Kier molecular flexibility index (Phi) is 3.57. The minimum atomic E-state index is -0.257.